The van der Waals surface area contributed by atoms with E-state index >= 15 is 0 Å². The zero-order valence-corrected chi connectivity index (χ0v) is 7.38. The Labute approximate surface area is 75.6 Å². The van der Waals surface area contributed by atoms with E-state index in [4.69, 9.17) is 20.9 Å². The Morgan fingerprint density at radius 1 is 1.67 bits per heavy atom. The molecule has 0 radical (unpaired) electrons. The molecule has 66 valence electrons. The minimum atomic E-state index is 0.362. The van der Waals surface area contributed by atoms with Gasteiger partial charge in [0.2, 0.25) is 0 Å². The van der Waals surface area contributed by atoms with Crippen molar-refractivity contribution in [2.75, 3.05) is 13.2 Å². The van der Waals surface area contributed by atoms with Crippen LogP contribution in [0.4, 0.5) is 0 Å². The van der Waals surface area contributed by atoms with Gasteiger partial charge in [-0.2, -0.15) is 0 Å². The first-order valence-corrected chi connectivity index (χ1v) is 4.52. The molecular weight excluding hydrogens is 178 g/mol. The Morgan fingerprint density at radius 2 is 2.58 bits per heavy atom. The molecule has 1 unspecified atom stereocenters. The van der Waals surface area contributed by atoms with Crippen molar-refractivity contribution in [2.24, 2.45) is 0 Å². The van der Waals surface area contributed by atoms with E-state index in [1.807, 2.05) is 0 Å². The number of ether oxygens (including phenoxy) is 1. The molecule has 1 aliphatic heterocycles. The molecule has 0 spiro atoms. The van der Waals surface area contributed by atoms with Crippen LogP contribution in [0.25, 0.3) is 0 Å². The van der Waals surface area contributed by atoms with Gasteiger partial charge in [0.05, 0.1) is 18.7 Å². The second kappa shape index (κ2) is 3.46. The van der Waals surface area contributed by atoms with Crippen molar-refractivity contribution in [3.8, 4) is 0 Å². The van der Waals surface area contributed by atoms with Gasteiger partial charge in [-0.3, -0.25) is 0 Å². The smallest absolute Gasteiger partial charge is 0.146 e. The summed E-state index contributed by atoms with van der Waals surface area (Å²) in [7, 11) is 0. The monoisotopic (exact) mass is 187 g/mol. The lowest BCUT2D eigenvalue weighted by Crippen LogP contribution is -1.98. The number of nitrogens with zero attached hydrogens (tertiary/aromatic N) is 1. The van der Waals surface area contributed by atoms with Gasteiger partial charge in [-0.15, -0.1) is 11.6 Å². The molecule has 3 nitrogen and oxygen atoms in total. The molecule has 0 bridgehead atoms. The standard InChI is InChI=1S/C8H10ClNO2/c9-3-7-4-10-12-8(7)6-1-2-11-5-6/h4,6H,1-3,5H2. The van der Waals surface area contributed by atoms with Gasteiger partial charge >= 0.3 is 0 Å². The number of alkyl halides is 1. The van der Waals surface area contributed by atoms with Crippen molar-refractivity contribution < 1.29 is 9.26 Å². The Balaban J connectivity index is 2.19. The number of halogens is 1. The largest absolute Gasteiger partial charge is 0.381 e. The summed E-state index contributed by atoms with van der Waals surface area (Å²) in [5.41, 5.74) is 0.993. The van der Waals surface area contributed by atoms with E-state index in [0.717, 1.165) is 31.0 Å². The first-order valence-electron chi connectivity index (χ1n) is 3.99. The number of hydrogen-bond donors (Lipinski definition) is 0. The first-order chi connectivity index (χ1) is 5.92. The molecule has 2 rings (SSSR count). The van der Waals surface area contributed by atoms with Crippen LogP contribution in [0.1, 0.15) is 23.7 Å². The van der Waals surface area contributed by atoms with Crippen molar-refractivity contribution in [1.82, 2.24) is 5.16 Å². The molecule has 1 aliphatic rings. The van der Waals surface area contributed by atoms with Crippen LogP contribution in [0.5, 0.6) is 0 Å². The van der Waals surface area contributed by atoms with Crippen LogP contribution in [-0.2, 0) is 10.6 Å². The fraction of sp³-hybridized carbons (Fsp3) is 0.625. The summed E-state index contributed by atoms with van der Waals surface area (Å²) >= 11 is 5.71. The van der Waals surface area contributed by atoms with Crippen LogP contribution >= 0.6 is 11.6 Å². The lowest BCUT2D eigenvalue weighted by atomic mass is 10.0. The Bertz CT molecular complexity index is 255. The van der Waals surface area contributed by atoms with Crippen LogP contribution in [0.3, 0.4) is 0 Å². The van der Waals surface area contributed by atoms with Gasteiger partial charge in [-0.25, -0.2) is 0 Å². The fourth-order valence-corrected chi connectivity index (χ4v) is 1.65. The number of aromatic nitrogens is 1. The maximum atomic E-state index is 5.71. The lowest BCUT2D eigenvalue weighted by molar-refractivity contribution is 0.189. The van der Waals surface area contributed by atoms with Gasteiger partial charge in [-0.05, 0) is 6.42 Å². The van der Waals surface area contributed by atoms with E-state index in [0.29, 0.717) is 11.8 Å². The second-order valence-corrected chi connectivity index (χ2v) is 3.18. The Morgan fingerprint density at radius 3 is 3.25 bits per heavy atom. The summed E-state index contributed by atoms with van der Waals surface area (Å²) in [6, 6.07) is 0. The van der Waals surface area contributed by atoms with E-state index in [-0.39, 0.29) is 0 Å². The molecule has 12 heavy (non-hydrogen) atoms. The molecule has 2 heterocycles. The summed E-state index contributed by atoms with van der Waals surface area (Å²) in [5, 5.41) is 3.72. The van der Waals surface area contributed by atoms with Crippen LogP contribution in [0.15, 0.2) is 10.7 Å². The van der Waals surface area contributed by atoms with Gasteiger partial charge in [0.15, 0.2) is 0 Å². The minimum absolute atomic E-state index is 0.362. The van der Waals surface area contributed by atoms with E-state index in [1.165, 1.54) is 0 Å². The highest BCUT2D eigenvalue weighted by atomic mass is 35.5. The third kappa shape index (κ3) is 1.34. The van der Waals surface area contributed by atoms with Crippen molar-refractivity contribution in [2.45, 2.75) is 18.2 Å². The highest BCUT2D eigenvalue weighted by Gasteiger charge is 2.23. The van der Waals surface area contributed by atoms with E-state index in [2.05, 4.69) is 5.16 Å². The van der Waals surface area contributed by atoms with Gasteiger partial charge in [0.25, 0.3) is 0 Å². The van der Waals surface area contributed by atoms with Crippen molar-refractivity contribution in [1.29, 1.82) is 0 Å². The molecular formula is C8H10ClNO2. The first kappa shape index (κ1) is 8.08. The molecule has 0 amide bonds. The quantitative estimate of drug-likeness (QED) is 0.664. The molecule has 0 aromatic carbocycles. The van der Waals surface area contributed by atoms with Gasteiger partial charge in [0, 0.05) is 18.1 Å². The highest BCUT2D eigenvalue weighted by Crippen LogP contribution is 2.28. The van der Waals surface area contributed by atoms with E-state index < -0.39 is 0 Å². The molecule has 1 fully saturated rings. The second-order valence-electron chi connectivity index (χ2n) is 2.91. The maximum absolute atomic E-state index is 5.71. The van der Waals surface area contributed by atoms with E-state index in [1.54, 1.807) is 6.20 Å². The van der Waals surface area contributed by atoms with Crippen LogP contribution in [0, 0.1) is 0 Å². The predicted octanol–water partition coefficient (Wildman–Crippen LogP) is 1.92. The fourth-order valence-electron chi connectivity index (χ4n) is 1.45. The summed E-state index contributed by atoms with van der Waals surface area (Å²) in [5.74, 6) is 1.73. The van der Waals surface area contributed by atoms with Gasteiger partial charge < -0.3 is 9.26 Å². The van der Waals surface area contributed by atoms with Crippen molar-refractivity contribution in [3.63, 3.8) is 0 Å². The molecule has 1 atom stereocenters. The molecule has 1 aromatic heterocycles. The Kier molecular flexibility index (Phi) is 2.33. The zero-order valence-electron chi connectivity index (χ0n) is 6.62. The molecule has 1 aromatic rings. The highest BCUT2D eigenvalue weighted by molar-refractivity contribution is 6.17. The van der Waals surface area contributed by atoms with Gasteiger partial charge in [-0.1, -0.05) is 5.16 Å². The predicted molar refractivity (Wildman–Crippen MR) is 44.2 cm³/mol. The average Bonchev–Trinajstić information content (AvgIpc) is 2.74. The Hall–Kier alpha value is -0.540. The summed E-state index contributed by atoms with van der Waals surface area (Å²) in [4.78, 5) is 0. The zero-order chi connectivity index (χ0) is 8.39. The summed E-state index contributed by atoms with van der Waals surface area (Å²) in [6.07, 6.45) is 2.69. The molecule has 0 aliphatic carbocycles. The summed E-state index contributed by atoms with van der Waals surface area (Å²) in [6.45, 7) is 1.55. The molecule has 1 saturated heterocycles. The SMILES string of the molecule is ClCc1cnoc1C1CCOC1. The normalized spacial score (nSPS) is 23.2. The number of rotatable bonds is 2. The number of hydrogen-bond acceptors (Lipinski definition) is 3. The average molecular weight is 188 g/mol. The minimum Gasteiger partial charge on any atom is -0.381 e. The van der Waals surface area contributed by atoms with Crippen LogP contribution in [0.2, 0.25) is 0 Å². The van der Waals surface area contributed by atoms with Crippen LogP contribution < -0.4 is 0 Å². The summed E-state index contributed by atoms with van der Waals surface area (Å²) < 4.78 is 10.4. The van der Waals surface area contributed by atoms with Gasteiger partial charge in [0.1, 0.15) is 5.76 Å². The van der Waals surface area contributed by atoms with Crippen LogP contribution in [-0.4, -0.2) is 18.4 Å². The van der Waals surface area contributed by atoms with Crippen molar-refractivity contribution >= 4 is 11.6 Å². The molecule has 4 heteroatoms. The van der Waals surface area contributed by atoms with Crippen molar-refractivity contribution in [3.05, 3.63) is 17.5 Å². The molecule has 0 N–H and O–H groups in total. The maximum Gasteiger partial charge on any atom is 0.146 e. The third-order valence-corrected chi connectivity index (χ3v) is 2.41. The topological polar surface area (TPSA) is 35.3 Å². The third-order valence-electron chi connectivity index (χ3n) is 2.12. The lowest BCUT2D eigenvalue weighted by Gasteiger charge is -2.02. The van der Waals surface area contributed by atoms with E-state index in [9.17, 15) is 0 Å². The molecule has 0 saturated carbocycles.